The Hall–Kier alpha value is -0.650. The first-order chi connectivity index (χ1) is 6.13. The Labute approximate surface area is 88.6 Å². The van der Waals surface area contributed by atoms with E-state index in [1.807, 2.05) is 0 Å². The van der Waals surface area contributed by atoms with Gasteiger partial charge in [0, 0.05) is 6.20 Å². The molecule has 0 saturated carbocycles. The SMILES string of the molecule is NCC(=O)Nc1cc(Cl)cnc1Br. The minimum absolute atomic E-state index is 0.0705. The van der Waals surface area contributed by atoms with Gasteiger partial charge in [-0.1, -0.05) is 11.6 Å². The molecule has 4 nitrogen and oxygen atoms in total. The maximum absolute atomic E-state index is 10.9. The van der Waals surface area contributed by atoms with Crippen molar-refractivity contribution in [1.29, 1.82) is 0 Å². The van der Waals surface area contributed by atoms with E-state index >= 15 is 0 Å². The fourth-order valence-corrected chi connectivity index (χ4v) is 1.19. The molecule has 6 heteroatoms. The van der Waals surface area contributed by atoms with Crippen LogP contribution in [0.1, 0.15) is 0 Å². The van der Waals surface area contributed by atoms with Crippen molar-refractivity contribution < 1.29 is 4.79 Å². The summed E-state index contributed by atoms with van der Waals surface area (Å²) in [7, 11) is 0. The molecule has 0 aliphatic heterocycles. The summed E-state index contributed by atoms with van der Waals surface area (Å²) in [4.78, 5) is 14.8. The molecule has 1 heterocycles. The maximum atomic E-state index is 10.9. The van der Waals surface area contributed by atoms with Crippen molar-refractivity contribution in [2.45, 2.75) is 0 Å². The molecule has 0 spiro atoms. The van der Waals surface area contributed by atoms with Crippen molar-refractivity contribution in [3.05, 3.63) is 21.9 Å². The number of nitrogens with two attached hydrogens (primary N) is 1. The average molecular weight is 265 g/mol. The molecule has 1 amide bonds. The summed E-state index contributed by atoms with van der Waals surface area (Å²) in [5, 5.41) is 3.00. The molecule has 13 heavy (non-hydrogen) atoms. The number of hydrogen-bond acceptors (Lipinski definition) is 3. The van der Waals surface area contributed by atoms with Gasteiger partial charge in [0.15, 0.2) is 0 Å². The monoisotopic (exact) mass is 263 g/mol. The van der Waals surface area contributed by atoms with E-state index in [0.717, 1.165) is 0 Å². The molecule has 0 radical (unpaired) electrons. The van der Waals surface area contributed by atoms with E-state index in [-0.39, 0.29) is 12.5 Å². The summed E-state index contributed by atoms with van der Waals surface area (Å²) < 4.78 is 0.527. The molecule has 0 aliphatic carbocycles. The normalized spacial score (nSPS) is 9.77. The lowest BCUT2D eigenvalue weighted by atomic mass is 10.4. The minimum Gasteiger partial charge on any atom is -0.323 e. The van der Waals surface area contributed by atoms with Crippen molar-refractivity contribution in [3.63, 3.8) is 0 Å². The molecular formula is C7H7BrClN3O. The Bertz CT molecular complexity index is 332. The predicted molar refractivity (Wildman–Crippen MR) is 54.6 cm³/mol. The summed E-state index contributed by atoms with van der Waals surface area (Å²) in [5.74, 6) is -0.287. The molecule has 0 atom stereocenters. The average Bonchev–Trinajstić information content (AvgIpc) is 2.11. The van der Waals surface area contributed by atoms with Gasteiger partial charge in [0.2, 0.25) is 5.91 Å². The van der Waals surface area contributed by atoms with Crippen LogP contribution in [0.4, 0.5) is 5.69 Å². The zero-order valence-electron chi connectivity index (χ0n) is 6.55. The number of halogens is 2. The van der Waals surface area contributed by atoms with Gasteiger partial charge in [-0.25, -0.2) is 4.98 Å². The second-order valence-electron chi connectivity index (χ2n) is 2.24. The number of anilines is 1. The van der Waals surface area contributed by atoms with Gasteiger partial charge in [-0.3, -0.25) is 4.79 Å². The molecule has 0 saturated heterocycles. The quantitative estimate of drug-likeness (QED) is 0.793. The van der Waals surface area contributed by atoms with Crippen LogP contribution >= 0.6 is 27.5 Å². The highest BCUT2D eigenvalue weighted by molar-refractivity contribution is 9.10. The summed E-state index contributed by atoms with van der Waals surface area (Å²) in [5.41, 5.74) is 5.64. The largest absolute Gasteiger partial charge is 0.323 e. The standard InChI is InChI=1S/C7H7BrClN3O/c8-7-5(12-6(13)2-10)1-4(9)3-11-7/h1,3H,2,10H2,(H,12,13). The molecule has 0 bridgehead atoms. The first-order valence-corrected chi connectivity index (χ1v) is 4.61. The molecule has 0 fully saturated rings. The second-order valence-corrected chi connectivity index (χ2v) is 3.43. The van der Waals surface area contributed by atoms with Crippen LogP contribution in [0.3, 0.4) is 0 Å². The second kappa shape index (κ2) is 4.55. The number of carbonyl (C=O) groups excluding carboxylic acids is 1. The predicted octanol–water partition coefficient (Wildman–Crippen LogP) is 1.39. The topological polar surface area (TPSA) is 68.0 Å². The van der Waals surface area contributed by atoms with Crippen molar-refractivity contribution in [1.82, 2.24) is 4.98 Å². The lowest BCUT2D eigenvalue weighted by Crippen LogP contribution is -2.22. The molecule has 0 unspecified atom stereocenters. The van der Waals surface area contributed by atoms with Gasteiger partial charge in [0.05, 0.1) is 17.3 Å². The number of rotatable bonds is 2. The van der Waals surface area contributed by atoms with Gasteiger partial charge >= 0.3 is 0 Å². The first kappa shape index (κ1) is 10.4. The summed E-state index contributed by atoms with van der Waals surface area (Å²) in [6.45, 7) is -0.0705. The van der Waals surface area contributed by atoms with Gasteiger partial charge in [0.25, 0.3) is 0 Å². The zero-order valence-corrected chi connectivity index (χ0v) is 8.89. The number of nitrogens with one attached hydrogen (secondary N) is 1. The summed E-state index contributed by atoms with van der Waals surface area (Å²) in [6.07, 6.45) is 1.48. The first-order valence-electron chi connectivity index (χ1n) is 3.44. The van der Waals surface area contributed by atoms with Crippen LogP contribution in [-0.4, -0.2) is 17.4 Å². The van der Waals surface area contributed by atoms with E-state index in [9.17, 15) is 4.79 Å². The third kappa shape index (κ3) is 2.95. The van der Waals surface area contributed by atoms with Gasteiger partial charge in [-0.05, 0) is 22.0 Å². The zero-order chi connectivity index (χ0) is 9.84. The summed E-state index contributed by atoms with van der Waals surface area (Å²) in [6, 6.07) is 1.59. The Balaban J connectivity index is 2.87. The van der Waals surface area contributed by atoms with E-state index in [1.165, 1.54) is 6.20 Å². The Morgan fingerprint density at radius 3 is 3.08 bits per heavy atom. The van der Waals surface area contributed by atoms with Gasteiger partial charge in [-0.2, -0.15) is 0 Å². The van der Waals surface area contributed by atoms with Crippen LogP contribution in [0.5, 0.6) is 0 Å². The third-order valence-corrected chi connectivity index (χ3v) is 2.10. The third-order valence-electron chi connectivity index (χ3n) is 1.27. The Morgan fingerprint density at radius 2 is 2.46 bits per heavy atom. The number of nitrogens with zero attached hydrogens (tertiary/aromatic N) is 1. The highest BCUT2D eigenvalue weighted by Gasteiger charge is 2.04. The van der Waals surface area contributed by atoms with Crippen molar-refractivity contribution in [2.75, 3.05) is 11.9 Å². The lowest BCUT2D eigenvalue weighted by molar-refractivity contribution is -0.114. The molecule has 0 aliphatic rings. The van der Waals surface area contributed by atoms with Gasteiger partial charge < -0.3 is 11.1 Å². The minimum atomic E-state index is -0.287. The van der Waals surface area contributed by atoms with Crippen LogP contribution in [0.2, 0.25) is 5.02 Å². The van der Waals surface area contributed by atoms with E-state index in [2.05, 4.69) is 26.2 Å². The molecule has 3 N–H and O–H groups in total. The number of aromatic nitrogens is 1. The van der Waals surface area contributed by atoms with E-state index in [1.54, 1.807) is 6.07 Å². The molecule has 1 aromatic heterocycles. The van der Waals surface area contributed by atoms with Crippen molar-refractivity contribution in [3.8, 4) is 0 Å². The lowest BCUT2D eigenvalue weighted by Gasteiger charge is -2.04. The van der Waals surface area contributed by atoms with Crippen molar-refractivity contribution in [2.24, 2.45) is 5.73 Å². The van der Waals surface area contributed by atoms with Crippen LogP contribution in [0.25, 0.3) is 0 Å². The summed E-state index contributed by atoms with van der Waals surface area (Å²) >= 11 is 8.84. The van der Waals surface area contributed by atoms with E-state index in [4.69, 9.17) is 17.3 Å². The highest BCUT2D eigenvalue weighted by atomic mass is 79.9. The molecule has 1 rings (SSSR count). The van der Waals surface area contributed by atoms with Crippen LogP contribution in [-0.2, 0) is 4.79 Å². The molecule has 0 aromatic carbocycles. The fourth-order valence-electron chi connectivity index (χ4n) is 0.711. The molecular weight excluding hydrogens is 257 g/mol. The number of amides is 1. The van der Waals surface area contributed by atoms with Gasteiger partial charge in [0.1, 0.15) is 4.60 Å². The van der Waals surface area contributed by atoms with Crippen LogP contribution in [0, 0.1) is 0 Å². The number of carbonyl (C=O) groups is 1. The van der Waals surface area contributed by atoms with Gasteiger partial charge in [-0.15, -0.1) is 0 Å². The Morgan fingerprint density at radius 1 is 1.77 bits per heavy atom. The van der Waals surface area contributed by atoms with Crippen molar-refractivity contribution >= 4 is 39.1 Å². The van der Waals surface area contributed by atoms with E-state index < -0.39 is 0 Å². The molecule has 70 valence electrons. The highest BCUT2D eigenvalue weighted by Crippen LogP contribution is 2.22. The fraction of sp³-hybridized carbons (Fsp3) is 0.143. The number of pyridine rings is 1. The van der Waals surface area contributed by atoms with Crippen LogP contribution in [0.15, 0.2) is 16.9 Å². The maximum Gasteiger partial charge on any atom is 0.238 e. The molecule has 1 aromatic rings. The smallest absolute Gasteiger partial charge is 0.238 e. The number of hydrogen-bond donors (Lipinski definition) is 2. The van der Waals surface area contributed by atoms with E-state index in [0.29, 0.717) is 15.3 Å². The Kier molecular flexibility index (Phi) is 3.65. The van der Waals surface area contributed by atoms with Crippen LogP contribution < -0.4 is 11.1 Å².